The molecule has 20 heavy (non-hydrogen) atoms. The first-order valence-corrected chi connectivity index (χ1v) is 5.70. The maximum Gasteiger partial charge on any atom is 0.416 e. The molecular weight excluding hydrogens is 269 g/mol. The number of primary amides is 1. The van der Waals surface area contributed by atoms with E-state index in [1.807, 2.05) is 0 Å². The van der Waals surface area contributed by atoms with E-state index in [2.05, 4.69) is 5.32 Å². The Kier molecular flexibility index (Phi) is 3.65. The molecule has 0 saturated carbocycles. The molecule has 104 valence electrons. The summed E-state index contributed by atoms with van der Waals surface area (Å²) >= 11 is 0. The standard InChI is InChI=1S/C14H11F3N2O/c15-14(16,17)11-3-1-2-10(8-11)9-4-6-12(7-5-9)19-13(18)20/h1-8H,(H3,18,19,20). The molecule has 0 saturated heterocycles. The number of anilines is 1. The number of urea groups is 1. The summed E-state index contributed by atoms with van der Waals surface area (Å²) < 4.78 is 37.9. The van der Waals surface area contributed by atoms with Crippen molar-refractivity contribution in [1.29, 1.82) is 0 Å². The molecule has 0 heterocycles. The van der Waals surface area contributed by atoms with Crippen molar-refractivity contribution in [3.8, 4) is 11.1 Å². The van der Waals surface area contributed by atoms with Gasteiger partial charge in [-0.2, -0.15) is 13.2 Å². The first-order chi connectivity index (χ1) is 9.36. The molecule has 2 aromatic carbocycles. The number of hydrogen-bond acceptors (Lipinski definition) is 1. The first kappa shape index (κ1) is 13.9. The van der Waals surface area contributed by atoms with Gasteiger partial charge in [-0.1, -0.05) is 24.3 Å². The number of rotatable bonds is 2. The van der Waals surface area contributed by atoms with E-state index in [1.165, 1.54) is 6.07 Å². The number of alkyl halides is 3. The second-order valence-corrected chi connectivity index (χ2v) is 4.15. The average molecular weight is 280 g/mol. The number of amides is 2. The fraction of sp³-hybridized carbons (Fsp3) is 0.0714. The first-order valence-electron chi connectivity index (χ1n) is 5.70. The Labute approximate surface area is 113 Å². The van der Waals surface area contributed by atoms with Gasteiger partial charge in [0.15, 0.2) is 0 Å². The van der Waals surface area contributed by atoms with Gasteiger partial charge in [0, 0.05) is 5.69 Å². The van der Waals surface area contributed by atoms with Crippen molar-refractivity contribution in [3.05, 3.63) is 54.1 Å². The van der Waals surface area contributed by atoms with E-state index in [1.54, 1.807) is 30.3 Å². The lowest BCUT2D eigenvalue weighted by atomic mass is 10.0. The number of hydrogen-bond donors (Lipinski definition) is 2. The second-order valence-electron chi connectivity index (χ2n) is 4.15. The molecular formula is C14H11F3N2O. The van der Waals surface area contributed by atoms with Gasteiger partial charge in [0.25, 0.3) is 0 Å². The van der Waals surface area contributed by atoms with Crippen LogP contribution in [0.3, 0.4) is 0 Å². The van der Waals surface area contributed by atoms with Crippen LogP contribution in [-0.4, -0.2) is 6.03 Å². The minimum absolute atomic E-state index is 0.449. The Hall–Kier alpha value is -2.50. The van der Waals surface area contributed by atoms with E-state index in [0.717, 1.165) is 12.1 Å². The highest BCUT2D eigenvalue weighted by Crippen LogP contribution is 2.32. The lowest BCUT2D eigenvalue weighted by Crippen LogP contribution is -2.19. The quantitative estimate of drug-likeness (QED) is 0.862. The van der Waals surface area contributed by atoms with Gasteiger partial charge in [-0.15, -0.1) is 0 Å². The van der Waals surface area contributed by atoms with Crippen molar-refractivity contribution in [2.45, 2.75) is 6.18 Å². The molecule has 0 aromatic heterocycles. The molecule has 0 aliphatic carbocycles. The Bertz CT molecular complexity index is 621. The zero-order valence-corrected chi connectivity index (χ0v) is 10.2. The maximum absolute atomic E-state index is 12.6. The van der Waals surface area contributed by atoms with Gasteiger partial charge in [0.05, 0.1) is 5.56 Å². The van der Waals surface area contributed by atoms with Crippen molar-refractivity contribution < 1.29 is 18.0 Å². The molecule has 0 radical (unpaired) electrons. The van der Waals surface area contributed by atoms with E-state index < -0.39 is 17.8 Å². The van der Waals surface area contributed by atoms with E-state index >= 15 is 0 Å². The minimum Gasteiger partial charge on any atom is -0.351 e. The van der Waals surface area contributed by atoms with E-state index in [4.69, 9.17) is 5.73 Å². The van der Waals surface area contributed by atoms with Gasteiger partial charge in [0.2, 0.25) is 0 Å². The van der Waals surface area contributed by atoms with Gasteiger partial charge in [-0.3, -0.25) is 0 Å². The SMILES string of the molecule is NC(=O)Nc1ccc(-c2cccc(C(F)(F)F)c2)cc1. The summed E-state index contributed by atoms with van der Waals surface area (Å²) in [6.07, 6.45) is -4.37. The van der Waals surface area contributed by atoms with Crippen LogP contribution in [0.25, 0.3) is 11.1 Å². The highest BCUT2D eigenvalue weighted by molar-refractivity contribution is 5.88. The summed E-state index contributed by atoms with van der Waals surface area (Å²) in [6.45, 7) is 0. The molecule has 3 N–H and O–H groups in total. The largest absolute Gasteiger partial charge is 0.416 e. The normalized spacial score (nSPS) is 11.2. The molecule has 3 nitrogen and oxygen atoms in total. The van der Waals surface area contributed by atoms with Gasteiger partial charge < -0.3 is 11.1 Å². The zero-order valence-electron chi connectivity index (χ0n) is 10.2. The van der Waals surface area contributed by atoms with E-state index in [-0.39, 0.29) is 0 Å². The number of nitrogens with two attached hydrogens (primary N) is 1. The summed E-state index contributed by atoms with van der Waals surface area (Å²) in [5, 5.41) is 2.38. The Morgan fingerprint density at radius 1 is 1.00 bits per heavy atom. The molecule has 6 heteroatoms. The summed E-state index contributed by atoms with van der Waals surface area (Å²) in [5.41, 5.74) is 5.81. The molecule has 0 aliphatic rings. The second kappa shape index (κ2) is 5.24. The van der Waals surface area contributed by atoms with Crippen LogP contribution in [0.2, 0.25) is 0 Å². The third-order valence-electron chi connectivity index (χ3n) is 2.68. The summed E-state index contributed by atoms with van der Waals surface area (Å²) in [5.74, 6) is 0. The molecule has 0 fully saturated rings. The molecule has 0 unspecified atom stereocenters. The van der Waals surface area contributed by atoms with Gasteiger partial charge in [-0.25, -0.2) is 4.79 Å². The third kappa shape index (κ3) is 3.28. The van der Waals surface area contributed by atoms with Crippen molar-refractivity contribution in [1.82, 2.24) is 0 Å². The lowest BCUT2D eigenvalue weighted by Gasteiger charge is -2.09. The van der Waals surface area contributed by atoms with Gasteiger partial charge in [0.1, 0.15) is 0 Å². The van der Waals surface area contributed by atoms with Crippen LogP contribution >= 0.6 is 0 Å². The average Bonchev–Trinajstić information content (AvgIpc) is 2.38. The van der Waals surface area contributed by atoms with Crippen LogP contribution in [-0.2, 0) is 6.18 Å². The highest BCUT2D eigenvalue weighted by Gasteiger charge is 2.30. The number of carbonyl (C=O) groups is 1. The van der Waals surface area contributed by atoms with Crippen LogP contribution in [0.1, 0.15) is 5.56 Å². The van der Waals surface area contributed by atoms with E-state index in [9.17, 15) is 18.0 Å². The molecule has 2 aromatic rings. The van der Waals surface area contributed by atoms with Crippen LogP contribution in [0.4, 0.5) is 23.7 Å². The zero-order chi connectivity index (χ0) is 14.8. The number of nitrogens with one attached hydrogen (secondary N) is 1. The van der Waals surface area contributed by atoms with Crippen molar-refractivity contribution >= 4 is 11.7 Å². The number of carbonyl (C=O) groups excluding carboxylic acids is 1. The van der Waals surface area contributed by atoms with Crippen LogP contribution in [0.5, 0.6) is 0 Å². The lowest BCUT2D eigenvalue weighted by molar-refractivity contribution is -0.137. The smallest absolute Gasteiger partial charge is 0.351 e. The Morgan fingerprint density at radius 2 is 1.65 bits per heavy atom. The summed E-state index contributed by atoms with van der Waals surface area (Å²) in [6, 6.07) is 10.7. The Morgan fingerprint density at radius 3 is 2.20 bits per heavy atom. The monoisotopic (exact) mass is 280 g/mol. The molecule has 0 bridgehead atoms. The van der Waals surface area contributed by atoms with Crippen LogP contribution < -0.4 is 11.1 Å². The van der Waals surface area contributed by atoms with Gasteiger partial charge >= 0.3 is 12.2 Å². The summed E-state index contributed by atoms with van der Waals surface area (Å²) in [7, 11) is 0. The summed E-state index contributed by atoms with van der Waals surface area (Å²) in [4.78, 5) is 10.7. The maximum atomic E-state index is 12.6. The Balaban J connectivity index is 2.30. The van der Waals surface area contributed by atoms with Crippen molar-refractivity contribution in [3.63, 3.8) is 0 Å². The third-order valence-corrected chi connectivity index (χ3v) is 2.68. The minimum atomic E-state index is -4.37. The molecule has 0 aliphatic heterocycles. The predicted octanol–water partition coefficient (Wildman–Crippen LogP) is 3.86. The van der Waals surface area contributed by atoms with Crippen LogP contribution in [0, 0.1) is 0 Å². The van der Waals surface area contributed by atoms with E-state index in [0.29, 0.717) is 16.8 Å². The predicted molar refractivity (Wildman–Crippen MR) is 70.1 cm³/mol. The van der Waals surface area contributed by atoms with Crippen molar-refractivity contribution in [2.75, 3.05) is 5.32 Å². The van der Waals surface area contributed by atoms with Gasteiger partial charge in [-0.05, 0) is 35.4 Å². The number of benzene rings is 2. The molecule has 0 spiro atoms. The fourth-order valence-corrected chi connectivity index (χ4v) is 1.76. The molecule has 2 rings (SSSR count). The highest BCUT2D eigenvalue weighted by atomic mass is 19.4. The topological polar surface area (TPSA) is 55.1 Å². The molecule has 0 atom stereocenters. The molecule has 2 amide bonds. The fourth-order valence-electron chi connectivity index (χ4n) is 1.76. The van der Waals surface area contributed by atoms with Crippen molar-refractivity contribution in [2.24, 2.45) is 5.73 Å². The number of halogens is 3. The van der Waals surface area contributed by atoms with Crippen LogP contribution in [0.15, 0.2) is 48.5 Å².